The highest BCUT2D eigenvalue weighted by molar-refractivity contribution is 5.94. The fraction of sp³-hybridized carbons (Fsp3) is 0.462. The Labute approximate surface area is 184 Å². The summed E-state index contributed by atoms with van der Waals surface area (Å²) in [6, 6.07) is 16.2. The summed E-state index contributed by atoms with van der Waals surface area (Å²) in [5.74, 6) is 0.832. The molecule has 160 valence electrons. The van der Waals surface area contributed by atoms with Gasteiger partial charge in [0.15, 0.2) is 6.23 Å². The molecule has 0 bridgehead atoms. The molecule has 2 fully saturated rings. The van der Waals surface area contributed by atoms with Crippen LogP contribution in [0.1, 0.15) is 59.2 Å². The molecule has 2 aromatic rings. The van der Waals surface area contributed by atoms with Gasteiger partial charge in [0.2, 0.25) is 0 Å². The van der Waals surface area contributed by atoms with Crippen molar-refractivity contribution in [3.63, 3.8) is 0 Å². The van der Waals surface area contributed by atoms with Crippen LogP contribution in [0.3, 0.4) is 0 Å². The summed E-state index contributed by atoms with van der Waals surface area (Å²) < 4.78 is 6.33. The first-order chi connectivity index (χ1) is 15.2. The lowest BCUT2D eigenvalue weighted by Crippen LogP contribution is -2.41. The van der Waals surface area contributed by atoms with E-state index in [9.17, 15) is 4.79 Å². The van der Waals surface area contributed by atoms with Crippen LogP contribution in [0.15, 0.2) is 42.5 Å². The minimum Gasteiger partial charge on any atom is -0.470 e. The van der Waals surface area contributed by atoms with Gasteiger partial charge in [-0.05, 0) is 79.6 Å². The fourth-order valence-corrected chi connectivity index (χ4v) is 5.01. The molecule has 5 rings (SSSR count). The standard InChI is InChI=1S/C26H29N3O2/c27-18-19-6-8-21(9-7-19)26(30)29-14-2-5-25(29)31-24-11-10-20-12-15-28(23-3-1-4-23)16-13-22(20)17-24/h6-11,17,23,25H,1-5,12-16H2/t25-/m0/s1. The Morgan fingerprint density at radius 3 is 2.42 bits per heavy atom. The van der Waals surface area contributed by atoms with E-state index >= 15 is 0 Å². The monoisotopic (exact) mass is 415 g/mol. The maximum Gasteiger partial charge on any atom is 0.256 e. The first-order valence-electron chi connectivity index (χ1n) is 11.5. The van der Waals surface area contributed by atoms with Gasteiger partial charge in [0.25, 0.3) is 5.91 Å². The summed E-state index contributed by atoms with van der Waals surface area (Å²) in [5.41, 5.74) is 3.99. The lowest BCUT2D eigenvalue weighted by molar-refractivity contribution is 0.0401. The van der Waals surface area contributed by atoms with Gasteiger partial charge in [-0.2, -0.15) is 5.26 Å². The van der Waals surface area contributed by atoms with Gasteiger partial charge >= 0.3 is 0 Å². The highest BCUT2D eigenvalue weighted by Crippen LogP contribution is 2.30. The predicted octanol–water partition coefficient (Wildman–Crippen LogP) is 4.15. The van der Waals surface area contributed by atoms with Gasteiger partial charge in [0.05, 0.1) is 11.6 Å². The van der Waals surface area contributed by atoms with Crippen LogP contribution in [0.5, 0.6) is 5.75 Å². The number of carbonyl (C=O) groups excluding carboxylic acids is 1. The second-order valence-electron chi connectivity index (χ2n) is 8.95. The molecule has 1 aliphatic carbocycles. The summed E-state index contributed by atoms with van der Waals surface area (Å²) in [6.45, 7) is 2.99. The van der Waals surface area contributed by atoms with Gasteiger partial charge in [-0.3, -0.25) is 9.69 Å². The van der Waals surface area contributed by atoms with E-state index in [2.05, 4.69) is 29.2 Å². The van der Waals surface area contributed by atoms with Crippen molar-refractivity contribution >= 4 is 5.91 Å². The third-order valence-electron chi connectivity index (χ3n) is 7.10. The summed E-state index contributed by atoms with van der Waals surface area (Å²) >= 11 is 0. The van der Waals surface area contributed by atoms with E-state index in [0.29, 0.717) is 17.7 Å². The van der Waals surface area contributed by atoms with E-state index in [-0.39, 0.29) is 12.1 Å². The third kappa shape index (κ3) is 4.18. The molecule has 5 heteroatoms. The van der Waals surface area contributed by atoms with Crippen molar-refractivity contribution in [3.8, 4) is 11.8 Å². The molecule has 1 atom stereocenters. The first-order valence-corrected chi connectivity index (χ1v) is 11.5. The van der Waals surface area contributed by atoms with Crippen LogP contribution in [-0.2, 0) is 12.8 Å². The van der Waals surface area contributed by atoms with Crippen molar-refractivity contribution in [2.75, 3.05) is 19.6 Å². The normalized spacial score (nSPS) is 21.6. The molecule has 1 amide bonds. The Hall–Kier alpha value is -2.84. The number of nitrogens with zero attached hydrogens (tertiary/aromatic N) is 3. The van der Waals surface area contributed by atoms with Crippen molar-refractivity contribution in [1.29, 1.82) is 5.26 Å². The van der Waals surface area contributed by atoms with Gasteiger partial charge in [0.1, 0.15) is 5.75 Å². The van der Waals surface area contributed by atoms with Crippen LogP contribution in [0.4, 0.5) is 0 Å². The Kier molecular flexibility index (Phi) is 5.65. The minimum absolute atomic E-state index is 0.0297. The molecule has 0 spiro atoms. The zero-order valence-electron chi connectivity index (χ0n) is 17.9. The Bertz CT molecular complexity index is 991. The first kappa shape index (κ1) is 20.1. The van der Waals surface area contributed by atoms with Crippen LogP contribution in [0, 0.1) is 11.3 Å². The number of hydrogen-bond donors (Lipinski definition) is 0. The van der Waals surface area contributed by atoms with Crippen molar-refractivity contribution < 1.29 is 9.53 Å². The molecule has 0 N–H and O–H groups in total. The second kappa shape index (κ2) is 8.72. The Balaban J connectivity index is 1.26. The number of rotatable bonds is 4. The molecular formula is C26H29N3O2. The lowest BCUT2D eigenvalue weighted by atomic mass is 9.91. The van der Waals surface area contributed by atoms with E-state index in [4.69, 9.17) is 10.00 Å². The number of ether oxygens (including phenoxy) is 1. The summed E-state index contributed by atoms with van der Waals surface area (Å²) in [7, 11) is 0. The average molecular weight is 416 g/mol. The summed E-state index contributed by atoms with van der Waals surface area (Å²) in [5, 5.41) is 8.98. The zero-order chi connectivity index (χ0) is 21.2. The van der Waals surface area contributed by atoms with Crippen molar-refractivity contribution in [3.05, 3.63) is 64.7 Å². The van der Waals surface area contributed by atoms with Crippen LogP contribution in [0.25, 0.3) is 0 Å². The molecule has 0 aromatic heterocycles. The summed E-state index contributed by atoms with van der Waals surface area (Å²) in [4.78, 5) is 17.5. The quantitative estimate of drug-likeness (QED) is 0.753. The van der Waals surface area contributed by atoms with E-state index in [1.54, 1.807) is 24.3 Å². The number of hydrogen-bond acceptors (Lipinski definition) is 4. The molecule has 0 radical (unpaired) electrons. The molecule has 31 heavy (non-hydrogen) atoms. The molecule has 2 aliphatic heterocycles. The number of likely N-dealkylation sites (tertiary alicyclic amines) is 1. The molecule has 1 saturated carbocycles. The van der Waals surface area contributed by atoms with Gasteiger partial charge in [-0.25, -0.2) is 0 Å². The fourth-order valence-electron chi connectivity index (χ4n) is 5.01. The smallest absolute Gasteiger partial charge is 0.256 e. The van der Waals surface area contributed by atoms with Crippen LogP contribution in [-0.4, -0.2) is 47.6 Å². The molecule has 1 saturated heterocycles. The lowest BCUT2D eigenvalue weighted by Gasteiger charge is -2.36. The van der Waals surface area contributed by atoms with Crippen LogP contribution < -0.4 is 4.74 Å². The number of fused-ring (bicyclic) bond motifs is 1. The average Bonchev–Trinajstić information content (AvgIpc) is 3.12. The largest absolute Gasteiger partial charge is 0.470 e. The van der Waals surface area contributed by atoms with Gasteiger partial charge in [0, 0.05) is 37.7 Å². The van der Waals surface area contributed by atoms with Crippen molar-refractivity contribution in [1.82, 2.24) is 9.80 Å². The zero-order valence-corrected chi connectivity index (χ0v) is 17.9. The maximum atomic E-state index is 13.0. The van der Waals surface area contributed by atoms with Gasteiger partial charge in [-0.15, -0.1) is 0 Å². The van der Waals surface area contributed by atoms with E-state index < -0.39 is 0 Å². The topological polar surface area (TPSA) is 56.6 Å². The molecule has 5 nitrogen and oxygen atoms in total. The SMILES string of the molecule is N#Cc1ccc(C(=O)N2CCC[C@@H]2Oc2ccc3c(c2)CCN(C2CCC2)CC3)cc1. The van der Waals surface area contributed by atoms with Crippen molar-refractivity contribution in [2.24, 2.45) is 0 Å². The van der Waals surface area contributed by atoms with Gasteiger partial charge < -0.3 is 9.64 Å². The van der Waals surface area contributed by atoms with E-state index in [1.807, 2.05) is 4.90 Å². The number of amides is 1. The van der Waals surface area contributed by atoms with Crippen LogP contribution in [0.2, 0.25) is 0 Å². The Morgan fingerprint density at radius 2 is 1.71 bits per heavy atom. The number of carbonyl (C=O) groups is 1. The van der Waals surface area contributed by atoms with E-state index in [1.165, 1.54) is 30.4 Å². The van der Waals surface area contributed by atoms with E-state index in [0.717, 1.165) is 50.6 Å². The third-order valence-corrected chi connectivity index (χ3v) is 7.10. The predicted molar refractivity (Wildman–Crippen MR) is 119 cm³/mol. The molecule has 0 unspecified atom stereocenters. The number of nitriles is 1. The van der Waals surface area contributed by atoms with Crippen molar-refractivity contribution in [2.45, 2.75) is 57.2 Å². The molecule has 2 aromatic carbocycles. The van der Waals surface area contributed by atoms with Gasteiger partial charge in [-0.1, -0.05) is 12.5 Å². The molecular weight excluding hydrogens is 386 g/mol. The number of benzene rings is 2. The highest BCUT2D eigenvalue weighted by atomic mass is 16.5. The second-order valence-corrected chi connectivity index (χ2v) is 8.95. The molecule has 2 heterocycles. The minimum atomic E-state index is -0.238. The van der Waals surface area contributed by atoms with Crippen LogP contribution >= 0.6 is 0 Å². The Morgan fingerprint density at radius 1 is 0.935 bits per heavy atom. The molecule has 3 aliphatic rings. The summed E-state index contributed by atoms with van der Waals surface area (Å²) in [6.07, 6.45) is 7.82. The maximum absolute atomic E-state index is 13.0. The highest BCUT2D eigenvalue weighted by Gasteiger charge is 2.31.